The van der Waals surface area contributed by atoms with Gasteiger partial charge in [0, 0.05) is 44.1 Å². The number of hydrogen-bond donors (Lipinski definition) is 21. The molecule has 2 aliphatic rings. The number of phenolic OH excluding ortho intramolecular Hbond substituents is 1. The number of carboxylic acids is 1. The van der Waals surface area contributed by atoms with Crippen molar-refractivity contribution in [2.75, 3.05) is 57.4 Å². The minimum atomic E-state index is -1.82. The summed E-state index contributed by atoms with van der Waals surface area (Å²) in [4.78, 5) is 176. The van der Waals surface area contributed by atoms with Gasteiger partial charge in [0.1, 0.15) is 72.2 Å². The zero-order valence-electron chi connectivity index (χ0n) is 55.3. The van der Waals surface area contributed by atoms with E-state index in [4.69, 9.17) is 34.4 Å². The topological polar surface area (TPSA) is 581 Å². The van der Waals surface area contributed by atoms with Crippen molar-refractivity contribution in [2.45, 2.75) is 184 Å². The van der Waals surface area contributed by atoms with Gasteiger partial charge < -0.3 is 112 Å². The molecule has 3 rings (SSSR count). The summed E-state index contributed by atoms with van der Waals surface area (Å²) >= 11 is 8.52. The number of aliphatic hydroxyl groups is 2. The molecule has 0 aromatic heterocycles. The third-order valence-electron chi connectivity index (χ3n) is 15.9. The number of nitrogens with zero attached hydrogens (tertiary/aromatic N) is 4. The second-order valence-corrected chi connectivity index (χ2v) is 25.2. The van der Waals surface area contributed by atoms with E-state index in [1.165, 1.54) is 34.1 Å². The van der Waals surface area contributed by atoms with Crippen LogP contribution in [-0.4, -0.2) is 243 Å². The van der Waals surface area contributed by atoms with Crippen molar-refractivity contribution in [1.29, 1.82) is 0 Å². The molecule has 2 fully saturated rings. The highest BCUT2D eigenvalue weighted by Gasteiger charge is 2.42. The van der Waals surface area contributed by atoms with Crippen molar-refractivity contribution in [3.63, 3.8) is 0 Å². The van der Waals surface area contributed by atoms with Gasteiger partial charge in [-0.3, -0.25) is 62.7 Å². The van der Waals surface area contributed by atoms with Crippen molar-refractivity contribution in [2.24, 2.45) is 56.2 Å². The van der Waals surface area contributed by atoms with Gasteiger partial charge in [-0.25, -0.2) is 4.79 Å². The van der Waals surface area contributed by atoms with E-state index in [2.05, 4.69) is 83.1 Å². The number of aliphatic carboxylic acids is 1. The Morgan fingerprint density at radius 2 is 0.969 bits per heavy atom. The summed E-state index contributed by atoms with van der Waals surface area (Å²) in [6.45, 7) is 5.39. The average Bonchev–Trinajstić information content (AvgIpc) is 1.76. The molecule has 0 spiro atoms. The zero-order valence-corrected chi connectivity index (χ0v) is 57.1. The number of phenols is 1. The van der Waals surface area contributed by atoms with Crippen molar-refractivity contribution < 1.29 is 78.0 Å². The van der Waals surface area contributed by atoms with Crippen LogP contribution < -0.4 is 82.3 Å². The maximum atomic E-state index is 14.6. The Hall–Kier alpha value is -8.26. The highest BCUT2D eigenvalue weighted by Crippen LogP contribution is 2.22. The molecule has 2 aliphatic heterocycles. The predicted molar refractivity (Wildman–Crippen MR) is 363 cm³/mol. The maximum absolute atomic E-state index is 14.6. The molecule has 25 N–H and O–H groups in total. The first kappa shape index (κ1) is 83.0. The van der Waals surface area contributed by atoms with E-state index < -0.39 is 163 Å². The van der Waals surface area contributed by atoms with Crippen molar-refractivity contribution in [1.82, 2.24) is 57.7 Å². The minimum Gasteiger partial charge on any atom is -0.508 e. The van der Waals surface area contributed by atoms with E-state index in [0.717, 1.165) is 0 Å². The first-order valence-corrected chi connectivity index (χ1v) is 33.5. The Labute approximate surface area is 574 Å². The van der Waals surface area contributed by atoms with Gasteiger partial charge in [-0.15, -0.1) is 0 Å². The molecular formula is C60H101N19O16S2. The molecule has 544 valence electrons. The normalized spacial score (nSPS) is 17.4. The minimum absolute atomic E-state index is 0.0259. The zero-order chi connectivity index (χ0) is 72.6. The lowest BCUT2D eigenvalue weighted by atomic mass is 10.0. The molecule has 35 nitrogen and oxygen atoms in total. The summed E-state index contributed by atoms with van der Waals surface area (Å²) in [6.07, 6.45) is 2.47. The number of rotatable bonds is 42. The van der Waals surface area contributed by atoms with E-state index in [0.29, 0.717) is 50.6 Å². The number of aliphatic hydroxyl groups excluding tert-OH is 2. The number of likely N-dealkylation sites (tertiary alicyclic amines) is 2. The molecule has 2 heterocycles. The van der Waals surface area contributed by atoms with Crippen LogP contribution in [0.15, 0.2) is 34.3 Å². The number of aliphatic imine (C=N–C) groups is 2. The molecule has 0 radical (unpaired) electrons. The van der Waals surface area contributed by atoms with Gasteiger partial charge in [-0.2, -0.15) is 25.3 Å². The Bertz CT molecular complexity index is 2890. The molecule has 0 bridgehead atoms. The van der Waals surface area contributed by atoms with Crippen LogP contribution in [0.2, 0.25) is 0 Å². The fourth-order valence-electron chi connectivity index (χ4n) is 10.7. The number of aromatic hydroxyl groups is 1. The summed E-state index contributed by atoms with van der Waals surface area (Å²) < 4.78 is 0. The number of carbonyl (C=O) groups is 12. The van der Waals surface area contributed by atoms with Crippen LogP contribution in [0.5, 0.6) is 5.75 Å². The number of carbonyl (C=O) groups excluding carboxylic acids is 11. The van der Waals surface area contributed by atoms with Crippen molar-refractivity contribution in [3.05, 3.63) is 29.8 Å². The van der Waals surface area contributed by atoms with Crippen LogP contribution in [0, 0.1) is 11.8 Å². The van der Waals surface area contributed by atoms with Gasteiger partial charge in [0.2, 0.25) is 65.0 Å². The van der Waals surface area contributed by atoms with E-state index in [9.17, 15) is 78.0 Å². The van der Waals surface area contributed by atoms with Gasteiger partial charge in [0.05, 0.1) is 19.3 Å². The Morgan fingerprint density at radius 3 is 1.46 bits per heavy atom. The number of carboxylic acid groups (broad SMARTS) is 1. The second kappa shape index (κ2) is 42.4. The molecular weight excluding hydrogens is 1310 g/mol. The van der Waals surface area contributed by atoms with Crippen molar-refractivity contribution in [3.8, 4) is 5.75 Å². The van der Waals surface area contributed by atoms with Gasteiger partial charge >= 0.3 is 5.97 Å². The number of amides is 11. The molecule has 37 heteroatoms. The van der Waals surface area contributed by atoms with E-state index in [1.807, 2.05) is 0 Å². The number of nitrogens with two attached hydrogens (primary N) is 6. The number of nitrogens with one attached hydrogen (secondary N) is 9. The molecule has 2 saturated heterocycles. The third kappa shape index (κ3) is 27.6. The number of guanidine groups is 2. The third-order valence-corrected chi connectivity index (χ3v) is 16.7. The molecule has 0 aliphatic carbocycles. The first-order chi connectivity index (χ1) is 45.9. The largest absolute Gasteiger partial charge is 0.508 e. The highest BCUT2D eigenvalue weighted by atomic mass is 32.1. The lowest BCUT2D eigenvalue weighted by Crippen LogP contribution is -2.62. The quantitative estimate of drug-likeness (QED) is 0.0125. The van der Waals surface area contributed by atoms with Crippen LogP contribution in [0.4, 0.5) is 0 Å². The Kier molecular flexibility index (Phi) is 36.3. The van der Waals surface area contributed by atoms with Gasteiger partial charge in [0.25, 0.3) is 0 Å². The molecule has 12 unspecified atom stereocenters. The number of hydrogen-bond acceptors (Lipinski definition) is 21. The lowest BCUT2D eigenvalue weighted by molar-refractivity contribution is -0.143. The first-order valence-electron chi connectivity index (χ1n) is 32.3. The average molecular weight is 1410 g/mol. The number of benzene rings is 1. The Balaban J connectivity index is 1.83. The smallest absolute Gasteiger partial charge is 0.326 e. The fraction of sp³-hybridized carbons (Fsp3) is 0.667. The lowest BCUT2D eigenvalue weighted by Gasteiger charge is -2.30. The molecule has 12 atom stereocenters. The molecule has 1 aromatic carbocycles. The Morgan fingerprint density at radius 1 is 0.536 bits per heavy atom. The van der Waals surface area contributed by atoms with Gasteiger partial charge in [-0.1, -0.05) is 46.2 Å². The van der Waals surface area contributed by atoms with E-state index in [-0.39, 0.29) is 106 Å². The maximum Gasteiger partial charge on any atom is 0.326 e. The van der Waals surface area contributed by atoms with Crippen LogP contribution in [0.1, 0.15) is 110 Å². The number of thiol groups is 2. The summed E-state index contributed by atoms with van der Waals surface area (Å²) in [5.74, 6) is -13.0. The fourth-order valence-corrected chi connectivity index (χ4v) is 11.2. The van der Waals surface area contributed by atoms with Crippen LogP contribution in [-0.2, 0) is 64.0 Å². The van der Waals surface area contributed by atoms with Crippen LogP contribution in [0.3, 0.4) is 0 Å². The number of unbranched alkanes of at least 4 members (excludes halogenated alkanes) is 1. The van der Waals surface area contributed by atoms with E-state index >= 15 is 0 Å². The summed E-state index contributed by atoms with van der Waals surface area (Å²) in [5, 5.41) is 63.4. The molecule has 0 saturated carbocycles. The van der Waals surface area contributed by atoms with Gasteiger partial charge in [0.15, 0.2) is 11.9 Å². The standard InChI is InChI=1S/C60H101N19O16S2/c1-31(2)25-38(71-51(87)41(28-81)74-55(91)46(32(3)4)77-54(90)45-15-9-23-78(45)56(92)35(62)11-5-6-20-61)48(84)73-40(27-80)50(86)72-39(26-33-16-18-34(82)19-17-33)49(85)69-36(12-7-21-67-59(63)64)47(83)76-43(30-97)57(93)79-24-10-14-44(79)53(89)75-42(29-96)52(88)70-37(58(94)95)13-8-22-68-60(65)66/h16-19,31-32,35-46,80-82,96-97H,5-15,20-30,61-62H2,1-4H3,(H,69,85)(H,70,88)(H,71,87)(H,72,86)(H,73,84)(H,74,91)(H,75,89)(H,76,83)(H,77,90)(H,94,95)(H4,63,64,67)(H4,65,66,68). The molecule has 11 amide bonds. The molecule has 1 aromatic rings. The van der Waals surface area contributed by atoms with E-state index in [1.54, 1.807) is 27.7 Å². The monoisotopic (exact) mass is 1410 g/mol. The second-order valence-electron chi connectivity index (χ2n) is 24.5. The summed E-state index contributed by atoms with van der Waals surface area (Å²) in [6, 6.07) is -11.0. The summed E-state index contributed by atoms with van der Waals surface area (Å²) in [7, 11) is 0. The SMILES string of the molecule is CC(C)CC(NC(=O)C(CO)NC(=O)C(NC(=O)C1CCCN1C(=O)C(N)CCCCN)C(C)C)C(=O)NC(CO)C(=O)NC(Cc1ccc(O)cc1)C(=O)NC(CCCN=C(N)N)C(=O)NC(CS)C(=O)N1CCCC1C(=O)NC(CS)C(=O)NC(CCCN=C(N)N)C(=O)O. The summed E-state index contributed by atoms with van der Waals surface area (Å²) in [5.41, 5.74) is 33.9. The predicted octanol–water partition coefficient (Wildman–Crippen LogP) is -6.53. The van der Waals surface area contributed by atoms with Crippen molar-refractivity contribution >= 4 is 108 Å². The van der Waals surface area contributed by atoms with Crippen LogP contribution in [0.25, 0.3) is 0 Å². The van der Waals surface area contributed by atoms with Gasteiger partial charge in [-0.05, 0) is 107 Å². The van der Waals surface area contributed by atoms with Crippen LogP contribution >= 0.6 is 25.3 Å². The molecule has 97 heavy (non-hydrogen) atoms. The highest BCUT2D eigenvalue weighted by molar-refractivity contribution is 7.80.